The number of fused-ring (bicyclic) bond motifs is 1. The summed E-state index contributed by atoms with van der Waals surface area (Å²) in [5, 5.41) is 4.27. The van der Waals surface area contributed by atoms with Gasteiger partial charge in [-0.2, -0.15) is 0 Å². The van der Waals surface area contributed by atoms with Crippen molar-refractivity contribution in [3.8, 4) is 10.6 Å². The third-order valence-electron chi connectivity index (χ3n) is 5.11. The van der Waals surface area contributed by atoms with Crippen molar-refractivity contribution in [1.29, 1.82) is 0 Å². The van der Waals surface area contributed by atoms with Crippen molar-refractivity contribution in [3.63, 3.8) is 0 Å². The molecule has 28 heavy (non-hydrogen) atoms. The van der Waals surface area contributed by atoms with Crippen LogP contribution in [-0.2, 0) is 4.74 Å². The molecule has 0 radical (unpaired) electrons. The third kappa shape index (κ3) is 3.30. The molecule has 0 aliphatic carbocycles. The van der Waals surface area contributed by atoms with Crippen LogP contribution in [0.3, 0.4) is 0 Å². The Hall–Kier alpha value is -2.35. The van der Waals surface area contributed by atoms with Crippen LogP contribution in [0.5, 0.6) is 0 Å². The van der Waals surface area contributed by atoms with Gasteiger partial charge in [-0.3, -0.25) is 0 Å². The fraction of sp³-hybridized carbons (Fsp3) is 0.286. The highest BCUT2D eigenvalue weighted by Gasteiger charge is 2.17. The van der Waals surface area contributed by atoms with Gasteiger partial charge < -0.3 is 9.64 Å². The Labute approximate surface area is 171 Å². The zero-order valence-electron chi connectivity index (χ0n) is 15.5. The van der Waals surface area contributed by atoms with Crippen LogP contribution in [-0.4, -0.2) is 41.3 Å². The van der Waals surface area contributed by atoms with Crippen molar-refractivity contribution in [3.05, 3.63) is 58.1 Å². The zero-order valence-corrected chi connectivity index (χ0v) is 17.2. The number of aromatic nitrogens is 3. The van der Waals surface area contributed by atoms with Gasteiger partial charge in [0.25, 0.3) is 0 Å². The molecule has 5 rings (SSSR count). The minimum absolute atomic E-state index is 0.305. The zero-order chi connectivity index (χ0) is 18.9. The number of thiophene rings is 1. The number of rotatable bonds is 4. The van der Waals surface area contributed by atoms with E-state index in [1.54, 1.807) is 29.0 Å². The molecule has 0 amide bonds. The molecule has 5 nitrogen and oxygen atoms in total. The highest BCUT2D eigenvalue weighted by molar-refractivity contribution is 7.16. The average Bonchev–Trinajstić information content (AvgIpc) is 3.45. The summed E-state index contributed by atoms with van der Waals surface area (Å²) in [6.45, 7) is 5.62. The van der Waals surface area contributed by atoms with Crippen LogP contribution in [0.1, 0.15) is 22.7 Å². The summed E-state index contributed by atoms with van der Waals surface area (Å²) in [6.07, 6.45) is 3.54. The van der Waals surface area contributed by atoms with Crippen LogP contribution in [0.4, 0.5) is 5.69 Å². The lowest BCUT2D eigenvalue weighted by molar-refractivity contribution is 0.122. The smallest absolute Gasteiger partial charge is 0.116 e. The molecule has 4 aromatic rings. The van der Waals surface area contributed by atoms with E-state index in [4.69, 9.17) is 4.74 Å². The standard InChI is InChI=1S/C21H20N4OS2/c1-14(21-22-6-11-27-21)18-4-5-19(28-18)20-16-3-2-15(12-17(16)23-13-24-20)25-7-9-26-10-8-25/h2-6,11-14H,7-10H2,1H3. The lowest BCUT2D eigenvalue weighted by atomic mass is 10.1. The minimum Gasteiger partial charge on any atom is -0.378 e. The van der Waals surface area contributed by atoms with Gasteiger partial charge in [-0.1, -0.05) is 6.92 Å². The number of hydrogen-bond acceptors (Lipinski definition) is 7. The Balaban J connectivity index is 1.49. The molecule has 0 N–H and O–H groups in total. The van der Waals surface area contributed by atoms with Crippen LogP contribution >= 0.6 is 22.7 Å². The van der Waals surface area contributed by atoms with Crippen molar-refractivity contribution in [2.24, 2.45) is 0 Å². The molecule has 1 unspecified atom stereocenters. The highest BCUT2D eigenvalue weighted by Crippen LogP contribution is 2.37. The molecule has 0 bridgehead atoms. The second-order valence-electron chi connectivity index (χ2n) is 6.82. The quantitative estimate of drug-likeness (QED) is 0.485. The molecule has 4 heterocycles. The lowest BCUT2D eigenvalue weighted by Gasteiger charge is -2.29. The summed E-state index contributed by atoms with van der Waals surface area (Å²) >= 11 is 3.49. The Morgan fingerprint density at radius 3 is 2.79 bits per heavy atom. The fourth-order valence-corrected chi connectivity index (χ4v) is 5.41. The van der Waals surface area contributed by atoms with E-state index in [0.717, 1.165) is 47.9 Å². The molecule has 1 aromatic carbocycles. The van der Waals surface area contributed by atoms with Gasteiger partial charge in [0.05, 0.1) is 29.3 Å². The van der Waals surface area contributed by atoms with E-state index in [2.05, 4.69) is 57.1 Å². The molecule has 0 spiro atoms. The van der Waals surface area contributed by atoms with E-state index in [9.17, 15) is 0 Å². The highest BCUT2D eigenvalue weighted by atomic mass is 32.1. The first-order valence-corrected chi connectivity index (χ1v) is 11.1. The largest absolute Gasteiger partial charge is 0.378 e. The first-order chi connectivity index (χ1) is 13.8. The summed E-state index contributed by atoms with van der Waals surface area (Å²) < 4.78 is 5.46. The van der Waals surface area contributed by atoms with Gasteiger partial charge in [-0.25, -0.2) is 15.0 Å². The van der Waals surface area contributed by atoms with Crippen molar-refractivity contribution in [2.45, 2.75) is 12.8 Å². The first kappa shape index (κ1) is 17.7. The maximum Gasteiger partial charge on any atom is 0.116 e. The van der Waals surface area contributed by atoms with Crippen molar-refractivity contribution >= 4 is 39.3 Å². The van der Waals surface area contributed by atoms with E-state index in [1.807, 2.05) is 11.6 Å². The van der Waals surface area contributed by atoms with Crippen LogP contribution in [0.15, 0.2) is 48.2 Å². The van der Waals surface area contributed by atoms with E-state index in [-0.39, 0.29) is 0 Å². The number of ether oxygens (including phenoxy) is 1. The van der Waals surface area contributed by atoms with Crippen LogP contribution < -0.4 is 4.90 Å². The van der Waals surface area contributed by atoms with Crippen molar-refractivity contribution in [1.82, 2.24) is 15.0 Å². The number of nitrogens with zero attached hydrogens (tertiary/aromatic N) is 4. The second kappa shape index (κ2) is 7.58. The Morgan fingerprint density at radius 1 is 1.07 bits per heavy atom. The molecule has 1 atom stereocenters. The lowest BCUT2D eigenvalue weighted by Crippen LogP contribution is -2.36. The number of hydrogen-bond donors (Lipinski definition) is 0. The van der Waals surface area contributed by atoms with Crippen molar-refractivity contribution < 1.29 is 4.74 Å². The SMILES string of the molecule is CC(c1ccc(-c2ncnc3cc(N4CCOCC4)ccc23)s1)c1nccs1. The maximum atomic E-state index is 5.46. The second-order valence-corrected chi connectivity index (χ2v) is 8.86. The van der Waals surface area contributed by atoms with Gasteiger partial charge in [0.15, 0.2) is 0 Å². The van der Waals surface area contributed by atoms with Crippen LogP contribution in [0.2, 0.25) is 0 Å². The topological polar surface area (TPSA) is 51.1 Å². The molecule has 1 aliphatic rings. The number of morpholine rings is 1. The molecule has 142 valence electrons. The molecule has 1 fully saturated rings. The van der Waals surface area contributed by atoms with E-state index in [1.165, 1.54) is 15.4 Å². The molecule has 3 aromatic heterocycles. The van der Waals surface area contributed by atoms with E-state index >= 15 is 0 Å². The van der Waals surface area contributed by atoms with E-state index in [0.29, 0.717) is 5.92 Å². The van der Waals surface area contributed by atoms with Gasteiger partial charge in [-0.15, -0.1) is 22.7 Å². The minimum atomic E-state index is 0.305. The van der Waals surface area contributed by atoms with Crippen molar-refractivity contribution in [2.75, 3.05) is 31.2 Å². The van der Waals surface area contributed by atoms with Gasteiger partial charge in [0, 0.05) is 46.5 Å². The van der Waals surface area contributed by atoms with Gasteiger partial charge in [0.2, 0.25) is 0 Å². The first-order valence-electron chi connectivity index (χ1n) is 9.36. The molecular formula is C21H20N4OS2. The van der Waals surface area contributed by atoms with E-state index < -0.39 is 0 Å². The Bertz CT molecular complexity index is 1090. The van der Waals surface area contributed by atoms with Gasteiger partial charge in [-0.05, 0) is 30.3 Å². The molecule has 0 saturated carbocycles. The summed E-state index contributed by atoms with van der Waals surface area (Å²) in [7, 11) is 0. The monoisotopic (exact) mass is 408 g/mol. The number of benzene rings is 1. The van der Waals surface area contributed by atoms with Gasteiger partial charge in [0.1, 0.15) is 11.3 Å². The molecule has 1 saturated heterocycles. The predicted molar refractivity (Wildman–Crippen MR) is 116 cm³/mol. The predicted octanol–water partition coefficient (Wildman–Crippen LogP) is 4.80. The molecular weight excluding hydrogens is 388 g/mol. The van der Waals surface area contributed by atoms with Crippen LogP contribution in [0, 0.1) is 0 Å². The summed E-state index contributed by atoms with van der Waals surface area (Å²) in [5.41, 5.74) is 3.18. The number of thiazole rings is 1. The molecule has 7 heteroatoms. The summed E-state index contributed by atoms with van der Waals surface area (Å²) in [5.74, 6) is 0.305. The summed E-state index contributed by atoms with van der Waals surface area (Å²) in [4.78, 5) is 18.4. The fourth-order valence-electron chi connectivity index (χ4n) is 3.54. The Morgan fingerprint density at radius 2 is 1.96 bits per heavy atom. The average molecular weight is 409 g/mol. The molecule has 1 aliphatic heterocycles. The number of anilines is 1. The maximum absolute atomic E-state index is 5.46. The van der Waals surface area contributed by atoms with Gasteiger partial charge >= 0.3 is 0 Å². The van der Waals surface area contributed by atoms with Crippen LogP contribution in [0.25, 0.3) is 21.5 Å². The third-order valence-corrected chi connectivity index (χ3v) is 7.34. The Kier molecular flexibility index (Phi) is 4.80. The normalized spacial score (nSPS) is 15.8. The summed E-state index contributed by atoms with van der Waals surface area (Å²) in [6, 6.07) is 10.9.